The molecule has 1 aromatic rings. The number of carbonyl (C=O) groups is 1. The van der Waals surface area contributed by atoms with Gasteiger partial charge in [0.1, 0.15) is 5.75 Å². The van der Waals surface area contributed by atoms with Gasteiger partial charge in [0.2, 0.25) is 0 Å². The highest BCUT2D eigenvalue weighted by Crippen LogP contribution is 2.27. The van der Waals surface area contributed by atoms with Gasteiger partial charge in [-0.3, -0.25) is 4.21 Å². The summed E-state index contributed by atoms with van der Waals surface area (Å²) < 4.78 is 40.6. The van der Waals surface area contributed by atoms with Crippen molar-refractivity contribution < 1.29 is 22.5 Å². The standard InChI is InChI=1S/C15H20F2N2O3S/c1-10-11(5-4-6-12(10)22-13(16)17)18-14(20)19-7-8-23(21)15(2,3)9-19/h4-6,13H,7-9H2,1-3H3,(H,18,20)/t23-/m0/s1. The largest absolute Gasteiger partial charge is 0.434 e. The highest BCUT2D eigenvalue weighted by Gasteiger charge is 2.35. The molecule has 0 aliphatic carbocycles. The van der Waals surface area contributed by atoms with E-state index in [-0.39, 0.29) is 11.8 Å². The van der Waals surface area contributed by atoms with Crippen molar-refractivity contribution in [2.75, 3.05) is 24.2 Å². The molecule has 0 aromatic heterocycles. The average molecular weight is 346 g/mol. The Balaban J connectivity index is 2.10. The van der Waals surface area contributed by atoms with Gasteiger partial charge < -0.3 is 15.0 Å². The number of benzene rings is 1. The number of carbonyl (C=O) groups excluding carboxylic acids is 1. The Bertz CT molecular complexity index is 623. The molecule has 0 saturated carbocycles. The second-order valence-electron chi connectivity index (χ2n) is 5.97. The zero-order chi connectivity index (χ0) is 17.2. The molecule has 1 aromatic carbocycles. The summed E-state index contributed by atoms with van der Waals surface area (Å²) in [6.45, 7) is 3.15. The summed E-state index contributed by atoms with van der Waals surface area (Å²) in [5.41, 5.74) is 0.846. The molecule has 1 heterocycles. The molecule has 128 valence electrons. The minimum Gasteiger partial charge on any atom is -0.434 e. The third-order valence-corrected chi connectivity index (χ3v) is 5.68. The number of nitrogens with zero attached hydrogens (tertiary/aromatic N) is 1. The zero-order valence-corrected chi connectivity index (χ0v) is 14.1. The van der Waals surface area contributed by atoms with Crippen LogP contribution in [-0.2, 0) is 10.8 Å². The fourth-order valence-corrected chi connectivity index (χ4v) is 3.66. The van der Waals surface area contributed by atoms with Crippen LogP contribution in [0.3, 0.4) is 0 Å². The van der Waals surface area contributed by atoms with Crippen molar-refractivity contribution in [2.45, 2.75) is 32.1 Å². The smallest absolute Gasteiger partial charge is 0.387 e. The maximum atomic E-state index is 12.4. The molecule has 0 unspecified atom stereocenters. The maximum Gasteiger partial charge on any atom is 0.387 e. The van der Waals surface area contributed by atoms with Crippen LogP contribution in [0.5, 0.6) is 5.75 Å². The number of anilines is 1. The van der Waals surface area contributed by atoms with Gasteiger partial charge in [0.15, 0.2) is 0 Å². The summed E-state index contributed by atoms with van der Waals surface area (Å²) in [5.74, 6) is 0.450. The minimum atomic E-state index is -2.92. The fraction of sp³-hybridized carbons (Fsp3) is 0.533. The van der Waals surface area contributed by atoms with Gasteiger partial charge in [-0.05, 0) is 32.9 Å². The summed E-state index contributed by atoms with van der Waals surface area (Å²) >= 11 is 0. The first-order valence-electron chi connectivity index (χ1n) is 7.19. The Labute approximate surface area is 136 Å². The van der Waals surface area contributed by atoms with E-state index in [4.69, 9.17) is 0 Å². The number of rotatable bonds is 3. The van der Waals surface area contributed by atoms with Gasteiger partial charge in [-0.25, -0.2) is 4.79 Å². The summed E-state index contributed by atoms with van der Waals surface area (Å²) in [7, 11) is -0.974. The van der Waals surface area contributed by atoms with Crippen LogP contribution in [0.15, 0.2) is 18.2 Å². The van der Waals surface area contributed by atoms with Gasteiger partial charge in [0.05, 0.1) is 4.75 Å². The number of urea groups is 1. The lowest BCUT2D eigenvalue weighted by Crippen LogP contribution is -2.53. The Morgan fingerprint density at radius 1 is 1.43 bits per heavy atom. The van der Waals surface area contributed by atoms with E-state index in [1.807, 2.05) is 13.8 Å². The van der Waals surface area contributed by atoms with E-state index in [0.29, 0.717) is 30.1 Å². The highest BCUT2D eigenvalue weighted by atomic mass is 32.2. The van der Waals surface area contributed by atoms with Gasteiger partial charge >= 0.3 is 12.6 Å². The molecule has 1 fully saturated rings. The van der Waals surface area contributed by atoms with Crippen LogP contribution in [0.25, 0.3) is 0 Å². The molecule has 1 aliphatic heterocycles. The predicted octanol–water partition coefficient (Wildman–Crippen LogP) is 2.97. The Morgan fingerprint density at radius 3 is 2.74 bits per heavy atom. The Hall–Kier alpha value is -1.70. The predicted molar refractivity (Wildman–Crippen MR) is 85.5 cm³/mol. The molecule has 1 atom stereocenters. The minimum absolute atomic E-state index is 0.0258. The van der Waals surface area contributed by atoms with Crippen molar-refractivity contribution in [1.29, 1.82) is 0 Å². The molecule has 0 bridgehead atoms. The lowest BCUT2D eigenvalue weighted by atomic mass is 10.1. The quantitative estimate of drug-likeness (QED) is 0.915. The molecule has 2 amide bonds. The summed E-state index contributed by atoms with van der Waals surface area (Å²) in [4.78, 5) is 14.0. The van der Waals surface area contributed by atoms with E-state index in [1.54, 1.807) is 17.9 Å². The maximum absolute atomic E-state index is 12.4. The first kappa shape index (κ1) is 17.7. The van der Waals surface area contributed by atoms with Crippen molar-refractivity contribution in [1.82, 2.24) is 4.90 Å². The molecule has 1 saturated heterocycles. The molecule has 5 nitrogen and oxygen atoms in total. The van der Waals surface area contributed by atoms with Crippen molar-refractivity contribution in [3.05, 3.63) is 23.8 Å². The molecule has 2 rings (SSSR count). The molecule has 0 radical (unpaired) electrons. The monoisotopic (exact) mass is 346 g/mol. The SMILES string of the molecule is Cc1c(NC(=O)N2CC[S@](=O)C(C)(C)C2)cccc1OC(F)F. The first-order chi connectivity index (χ1) is 10.7. The topological polar surface area (TPSA) is 58.6 Å². The van der Waals surface area contributed by atoms with Crippen LogP contribution >= 0.6 is 0 Å². The van der Waals surface area contributed by atoms with E-state index in [0.717, 1.165) is 0 Å². The Morgan fingerprint density at radius 2 is 2.13 bits per heavy atom. The second-order valence-corrected chi connectivity index (χ2v) is 8.17. The summed E-state index contributed by atoms with van der Waals surface area (Å²) in [5, 5.41) is 2.71. The zero-order valence-electron chi connectivity index (χ0n) is 13.3. The first-order valence-corrected chi connectivity index (χ1v) is 8.51. The highest BCUT2D eigenvalue weighted by molar-refractivity contribution is 7.86. The van der Waals surface area contributed by atoms with Crippen LogP contribution in [0.1, 0.15) is 19.4 Å². The van der Waals surface area contributed by atoms with E-state index in [2.05, 4.69) is 10.1 Å². The lowest BCUT2D eigenvalue weighted by molar-refractivity contribution is -0.0502. The van der Waals surface area contributed by atoms with Gasteiger partial charge in [0.25, 0.3) is 0 Å². The second kappa shape index (κ2) is 6.82. The molecule has 1 N–H and O–H groups in total. The molecule has 0 spiro atoms. The number of halogens is 2. The van der Waals surface area contributed by atoms with Crippen LogP contribution in [0, 0.1) is 6.92 Å². The lowest BCUT2D eigenvalue weighted by Gasteiger charge is -2.37. The number of hydrogen-bond acceptors (Lipinski definition) is 3. The van der Waals surface area contributed by atoms with Crippen LogP contribution in [0.2, 0.25) is 0 Å². The molecule has 23 heavy (non-hydrogen) atoms. The Kier molecular flexibility index (Phi) is 5.23. The number of amides is 2. The van der Waals surface area contributed by atoms with Crippen molar-refractivity contribution in [3.8, 4) is 5.75 Å². The van der Waals surface area contributed by atoms with Gasteiger partial charge in [-0.15, -0.1) is 0 Å². The van der Waals surface area contributed by atoms with Gasteiger partial charge in [0, 0.05) is 40.9 Å². The number of hydrogen-bond donors (Lipinski definition) is 1. The van der Waals surface area contributed by atoms with Crippen molar-refractivity contribution in [2.24, 2.45) is 0 Å². The molecule has 1 aliphatic rings. The van der Waals surface area contributed by atoms with E-state index in [9.17, 15) is 17.8 Å². The van der Waals surface area contributed by atoms with Gasteiger partial charge in [-0.1, -0.05) is 6.07 Å². The van der Waals surface area contributed by atoms with Crippen molar-refractivity contribution in [3.63, 3.8) is 0 Å². The van der Waals surface area contributed by atoms with E-state index < -0.39 is 22.2 Å². The molecule has 8 heteroatoms. The number of ether oxygens (including phenoxy) is 1. The summed E-state index contributed by atoms with van der Waals surface area (Å²) in [6, 6.07) is 4.24. The third kappa shape index (κ3) is 4.19. The van der Waals surface area contributed by atoms with E-state index >= 15 is 0 Å². The van der Waals surface area contributed by atoms with E-state index in [1.165, 1.54) is 12.1 Å². The number of nitrogens with one attached hydrogen (secondary N) is 1. The summed E-state index contributed by atoms with van der Waals surface area (Å²) in [6.07, 6.45) is 0. The normalized spacial score (nSPS) is 20.4. The van der Waals surface area contributed by atoms with Crippen LogP contribution in [-0.4, -0.2) is 45.3 Å². The molecular weight excluding hydrogens is 326 g/mol. The molecular formula is C15H20F2N2O3S. The fourth-order valence-electron chi connectivity index (χ4n) is 2.42. The number of alkyl halides is 2. The van der Waals surface area contributed by atoms with Crippen LogP contribution < -0.4 is 10.1 Å². The average Bonchev–Trinajstić information content (AvgIpc) is 2.45. The van der Waals surface area contributed by atoms with Gasteiger partial charge in [-0.2, -0.15) is 8.78 Å². The van der Waals surface area contributed by atoms with Crippen LogP contribution in [0.4, 0.5) is 19.3 Å². The van der Waals surface area contributed by atoms with Crippen molar-refractivity contribution >= 4 is 22.5 Å². The third-order valence-electron chi connectivity index (χ3n) is 3.76.